The Bertz CT molecular complexity index is 1020. The number of carbonyl (C=O) groups is 1. The van der Waals surface area contributed by atoms with Crippen LogP contribution in [0.15, 0.2) is 53.9 Å². The van der Waals surface area contributed by atoms with Crippen molar-refractivity contribution in [1.29, 1.82) is 0 Å². The largest absolute Gasteiger partial charge is 0.394 e. The van der Waals surface area contributed by atoms with Gasteiger partial charge in [0.05, 0.1) is 37.0 Å². The van der Waals surface area contributed by atoms with E-state index in [0.717, 1.165) is 28.6 Å². The Balaban J connectivity index is 1.90. The second kappa shape index (κ2) is 10.0. The van der Waals surface area contributed by atoms with Gasteiger partial charge in [0.15, 0.2) is 5.16 Å². The van der Waals surface area contributed by atoms with Crippen molar-refractivity contribution in [3.05, 3.63) is 54.6 Å². The van der Waals surface area contributed by atoms with Gasteiger partial charge < -0.3 is 25.2 Å². The summed E-state index contributed by atoms with van der Waals surface area (Å²) in [5.41, 5.74) is 1.51. The number of benzene rings is 1. The van der Waals surface area contributed by atoms with E-state index in [9.17, 15) is 24.5 Å². The van der Waals surface area contributed by atoms with E-state index < -0.39 is 31.3 Å². The number of aliphatic hydroxyl groups is 3. The lowest BCUT2D eigenvalue weighted by Gasteiger charge is -2.28. The molecular weight excluding hydrogens is 423 g/mol. The number of aliphatic hydroxyl groups excluding tert-OH is 3. The molecule has 3 rings (SSSR count). The summed E-state index contributed by atoms with van der Waals surface area (Å²) in [7, 11) is 1.81. The molecule has 0 aliphatic heterocycles. The van der Waals surface area contributed by atoms with E-state index in [2.05, 4.69) is 15.3 Å². The van der Waals surface area contributed by atoms with Crippen LogP contribution in [0.3, 0.4) is 0 Å². The molecule has 4 N–H and O–H groups in total. The molecule has 164 valence electrons. The fraction of sp³-hybridized carbons (Fsp3) is 0.286. The highest BCUT2D eigenvalue weighted by Gasteiger charge is 2.30. The van der Waals surface area contributed by atoms with Gasteiger partial charge in [0.25, 0.3) is 0 Å². The van der Waals surface area contributed by atoms with Gasteiger partial charge in [0.1, 0.15) is 11.4 Å². The van der Waals surface area contributed by atoms with Crippen molar-refractivity contribution in [3.63, 3.8) is 0 Å². The van der Waals surface area contributed by atoms with Crippen molar-refractivity contribution < 1.29 is 24.5 Å². The number of nitrogens with zero attached hydrogens (tertiary/aromatic N) is 3. The Morgan fingerprint density at radius 3 is 2.26 bits per heavy atom. The fourth-order valence-electron chi connectivity index (χ4n) is 2.99. The van der Waals surface area contributed by atoms with Crippen molar-refractivity contribution >= 4 is 17.7 Å². The number of carbonyl (C=O) groups excluding carboxylic acids is 1. The van der Waals surface area contributed by atoms with E-state index in [4.69, 9.17) is 0 Å². The molecule has 1 amide bonds. The highest BCUT2D eigenvalue weighted by Crippen LogP contribution is 2.35. The molecule has 8 nitrogen and oxygen atoms in total. The van der Waals surface area contributed by atoms with Crippen LogP contribution in [0.4, 0.5) is 4.39 Å². The second-order valence-electron chi connectivity index (χ2n) is 6.98. The summed E-state index contributed by atoms with van der Waals surface area (Å²) in [6, 6.07) is 9.67. The molecule has 0 spiro atoms. The first-order valence-corrected chi connectivity index (χ1v) is 10.4. The van der Waals surface area contributed by atoms with Crippen LogP contribution in [-0.4, -0.2) is 66.9 Å². The zero-order valence-corrected chi connectivity index (χ0v) is 17.6. The standard InChI is InChI=1S/C21H23FN4O4S/c1-26-19(15-6-8-23-9-7-15)18(14-2-4-16(22)5-3-14)24-20(26)31-10-17(30)25-21(11-27,12-28)13-29/h2-9,27-29H,10-13H2,1H3,(H,25,30). The molecule has 0 saturated heterocycles. The Morgan fingerprint density at radius 2 is 1.68 bits per heavy atom. The van der Waals surface area contributed by atoms with Gasteiger partial charge in [-0.05, 0) is 36.4 Å². The molecule has 1 aromatic carbocycles. The van der Waals surface area contributed by atoms with Gasteiger partial charge in [0, 0.05) is 30.6 Å². The quantitative estimate of drug-likeness (QED) is 0.365. The lowest BCUT2D eigenvalue weighted by Crippen LogP contribution is -2.57. The molecule has 0 radical (unpaired) electrons. The number of nitrogens with one attached hydrogen (secondary N) is 1. The van der Waals surface area contributed by atoms with E-state index in [1.165, 1.54) is 12.1 Å². The van der Waals surface area contributed by atoms with Crippen molar-refractivity contribution in [2.24, 2.45) is 7.05 Å². The van der Waals surface area contributed by atoms with Crippen LogP contribution in [0.5, 0.6) is 0 Å². The molecular formula is C21H23FN4O4S. The van der Waals surface area contributed by atoms with Crippen LogP contribution in [-0.2, 0) is 11.8 Å². The maximum Gasteiger partial charge on any atom is 0.231 e. The first-order valence-electron chi connectivity index (χ1n) is 9.42. The zero-order chi connectivity index (χ0) is 22.4. The average molecular weight is 447 g/mol. The average Bonchev–Trinajstić information content (AvgIpc) is 3.13. The molecule has 10 heteroatoms. The van der Waals surface area contributed by atoms with Crippen LogP contribution in [0, 0.1) is 5.82 Å². The first kappa shape index (κ1) is 22.9. The predicted molar refractivity (Wildman–Crippen MR) is 115 cm³/mol. The third-order valence-electron chi connectivity index (χ3n) is 4.77. The molecule has 0 aliphatic rings. The number of rotatable bonds is 9. The van der Waals surface area contributed by atoms with E-state index >= 15 is 0 Å². The third-order valence-corrected chi connectivity index (χ3v) is 5.80. The Kier molecular flexibility index (Phi) is 7.39. The minimum Gasteiger partial charge on any atom is -0.394 e. The monoisotopic (exact) mass is 446 g/mol. The molecule has 2 heterocycles. The highest BCUT2D eigenvalue weighted by molar-refractivity contribution is 7.99. The molecule has 0 aliphatic carbocycles. The second-order valence-corrected chi connectivity index (χ2v) is 7.93. The number of aromatic nitrogens is 3. The maximum atomic E-state index is 13.4. The predicted octanol–water partition coefficient (Wildman–Crippen LogP) is 1.21. The van der Waals surface area contributed by atoms with E-state index in [1.54, 1.807) is 24.5 Å². The van der Waals surface area contributed by atoms with Crippen molar-refractivity contribution in [3.8, 4) is 22.5 Å². The van der Waals surface area contributed by atoms with Crippen molar-refractivity contribution in [2.45, 2.75) is 10.7 Å². The molecule has 3 aromatic rings. The fourth-order valence-corrected chi connectivity index (χ4v) is 3.76. The number of hydrogen-bond donors (Lipinski definition) is 4. The summed E-state index contributed by atoms with van der Waals surface area (Å²) in [5, 5.41) is 31.1. The summed E-state index contributed by atoms with van der Waals surface area (Å²) >= 11 is 1.16. The Hall–Kier alpha value is -2.79. The van der Waals surface area contributed by atoms with Crippen LogP contribution in [0.25, 0.3) is 22.5 Å². The minimum atomic E-state index is -1.49. The topological polar surface area (TPSA) is 121 Å². The highest BCUT2D eigenvalue weighted by atomic mass is 32.2. The number of pyridine rings is 1. The van der Waals surface area contributed by atoms with Crippen LogP contribution >= 0.6 is 11.8 Å². The Morgan fingerprint density at radius 1 is 1.06 bits per heavy atom. The molecule has 31 heavy (non-hydrogen) atoms. The van der Waals surface area contributed by atoms with Gasteiger partial charge >= 0.3 is 0 Å². The zero-order valence-electron chi connectivity index (χ0n) is 16.8. The summed E-state index contributed by atoms with van der Waals surface area (Å²) in [6.45, 7) is -1.79. The normalized spacial score (nSPS) is 11.5. The maximum absolute atomic E-state index is 13.4. The lowest BCUT2D eigenvalue weighted by atomic mass is 10.0. The van der Waals surface area contributed by atoms with Gasteiger partial charge in [0.2, 0.25) is 5.91 Å². The molecule has 2 aromatic heterocycles. The number of imidazole rings is 1. The van der Waals surface area contributed by atoms with Gasteiger partial charge in [-0.1, -0.05) is 11.8 Å². The molecule has 0 saturated carbocycles. The molecule has 0 bridgehead atoms. The number of amides is 1. The summed E-state index contributed by atoms with van der Waals surface area (Å²) in [4.78, 5) is 21.0. The van der Waals surface area contributed by atoms with Gasteiger partial charge in [-0.3, -0.25) is 9.78 Å². The summed E-state index contributed by atoms with van der Waals surface area (Å²) in [5.74, 6) is -0.874. The Labute approximate surface area is 182 Å². The number of hydrogen-bond acceptors (Lipinski definition) is 7. The van der Waals surface area contributed by atoms with E-state index in [0.29, 0.717) is 10.9 Å². The summed E-state index contributed by atoms with van der Waals surface area (Å²) in [6.07, 6.45) is 3.32. The van der Waals surface area contributed by atoms with E-state index in [-0.39, 0.29) is 11.6 Å². The van der Waals surface area contributed by atoms with Gasteiger partial charge in [-0.2, -0.15) is 0 Å². The van der Waals surface area contributed by atoms with E-state index in [1.807, 2.05) is 23.7 Å². The van der Waals surface area contributed by atoms with Gasteiger partial charge in [-0.25, -0.2) is 9.37 Å². The minimum absolute atomic E-state index is 0.0504. The smallest absolute Gasteiger partial charge is 0.231 e. The van der Waals surface area contributed by atoms with Crippen molar-refractivity contribution in [2.75, 3.05) is 25.6 Å². The number of halogens is 1. The SMILES string of the molecule is Cn1c(SCC(=O)NC(CO)(CO)CO)nc(-c2ccc(F)cc2)c1-c1ccncc1. The van der Waals surface area contributed by atoms with Crippen LogP contribution in [0.1, 0.15) is 0 Å². The molecule has 0 unspecified atom stereocenters. The molecule has 0 fully saturated rings. The first-order chi connectivity index (χ1) is 14.9. The number of thioether (sulfide) groups is 1. The summed E-state index contributed by atoms with van der Waals surface area (Å²) < 4.78 is 15.2. The van der Waals surface area contributed by atoms with Crippen molar-refractivity contribution in [1.82, 2.24) is 19.9 Å². The third kappa shape index (κ3) is 5.10. The van der Waals surface area contributed by atoms with Crippen LogP contribution in [0.2, 0.25) is 0 Å². The molecule has 0 atom stereocenters. The van der Waals surface area contributed by atoms with Crippen LogP contribution < -0.4 is 5.32 Å². The van der Waals surface area contributed by atoms with Gasteiger partial charge in [-0.15, -0.1) is 0 Å². The lowest BCUT2D eigenvalue weighted by molar-refractivity contribution is -0.122.